The topological polar surface area (TPSA) is 70.2 Å². The lowest BCUT2D eigenvalue weighted by Gasteiger charge is -1.99. The van der Waals surface area contributed by atoms with Crippen molar-refractivity contribution in [2.75, 3.05) is 11.5 Å². The molecule has 2 aromatic heterocycles. The van der Waals surface area contributed by atoms with Gasteiger partial charge in [0.15, 0.2) is 0 Å². The Kier molecular flexibility index (Phi) is 5.44. The highest BCUT2D eigenvalue weighted by molar-refractivity contribution is 7.99. The van der Waals surface area contributed by atoms with Gasteiger partial charge in [0, 0.05) is 11.1 Å². The van der Waals surface area contributed by atoms with Gasteiger partial charge in [-0.1, -0.05) is 6.42 Å². The van der Waals surface area contributed by atoms with Gasteiger partial charge in [-0.05, 0) is 24.3 Å². The molecule has 2 rings (SSSR count). The number of unbranched alkanes of at least 4 members (excludes halogenated alkanes) is 2. The Balaban J connectivity index is 1.44. The van der Waals surface area contributed by atoms with Crippen molar-refractivity contribution >= 4 is 23.5 Å². The van der Waals surface area contributed by atoms with E-state index in [1.807, 2.05) is 24.2 Å². The van der Waals surface area contributed by atoms with Crippen molar-refractivity contribution in [1.82, 2.24) is 25.6 Å². The third-order valence-corrected chi connectivity index (χ3v) is 4.21. The fourth-order valence-corrected chi connectivity index (χ4v) is 2.96. The molecule has 92 valence electrons. The van der Waals surface area contributed by atoms with Crippen molar-refractivity contribution in [1.29, 1.82) is 0 Å². The van der Waals surface area contributed by atoms with Gasteiger partial charge in [0.2, 0.25) is 0 Å². The zero-order valence-corrected chi connectivity index (χ0v) is 11.1. The maximum absolute atomic E-state index is 4.00. The van der Waals surface area contributed by atoms with Gasteiger partial charge in [0.05, 0.1) is 12.4 Å². The standard InChI is InChI=1S/C10H15N5S2/c1(2-4-16-9-6-11-12-7-9)3-5-17-10-8-13-15-14-10/h6-8H,1-5H2,(H,11,12)(H,13,14,15). The molecular weight excluding hydrogens is 254 g/mol. The SMILES string of the molecule is c1n[nH]cc1SCCCCCSc1cn[nH]n1. The van der Waals surface area contributed by atoms with Crippen molar-refractivity contribution in [3.05, 3.63) is 18.6 Å². The minimum atomic E-state index is 0.984. The van der Waals surface area contributed by atoms with E-state index >= 15 is 0 Å². The first kappa shape index (κ1) is 12.5. The minimum absolute atomic E-state index is 0.984. The third kappa shape index (κ3) is 4.82. The zero-order chi connectivity index (χ0) is 11.8. The van der Waals surface area contributed by atoms with Gasteiger partial charge in [0.1, 0.15) is 5.03 Å². The highest BCUT2D eigenvalue weighted by Gasteiger charge is 1.97. The summed E-state index contributed by atoms with van der Waals surface area (Å²) in [6.45, 7) is 0. The molecule has 2 N–H and O–H groups in total. The number of thioether (sulfide) groups is 2. The van der Waals surface area contributed by atoms with Crippen molar-refractivity contribution in [2.45, 2.75) is 29.2 Å². The van der Waals surface area contributed by atoms with Crippen molar-refractivity contribution in [2.24, 2.45) is 0 Å². The molecule has 0 aliphatic rings. The van der Waals surface area contributed by atoms with Gasteiger partial charge in [-0.3, -0.25) is 5.10 Å². The molecule has 0 saturated carbocycles. The fraction of sp³-hybridized carbons (Fsp3) is 0.500. The van der Waals surface area contributed by atoms with Gasteiger partial charge >= 0.3 is 0 Å². The molecule has 0 aromatic carbocycles. The molecular formula is C10H15N5S2. The zero-order valence-electron chi connectivity index (χ0n) is 9.43. The lowest BCUT2D eigenvalue weighted by molar-refractivity contribution is 0.784. The highest BCUT2D eigenvalue weighted by atomic mass is 32.2. The number of hydrogen-bond donors (Lipinski definition) is 2. The molecule has 0 bridgehead atoms. The monoisotopic (exact) mass is 269 g/mol. The van der Waals surface area contributed by atoms with Crippen LogP contribution < -0.4 is 0 Å². The number of H-pyrrole nitrogens is 2. The Morgan fingerprint density at radius 3 is 2.59 bits per heavy atom. The molecule has 0 atom stereocenters. The Morgan fingerprint density at radius 1 is 1.00 bits per heavy atom. The van der Waals surface area contributed by atoms with Gasteiger partial charge in [-0.15, -0.1) is 28.6 Å². The second-order valence-corrected chi connectivity index (χ2v) is 5.78. The molecule has 0 aliphatic heterocycles. The van der Waals surface area contributed by atoms with Crippen LogP contribution in [-0.4, -0.2) is 37.1 Å². The molecule has 0 aliphatic carbocycles. The molecule has 2 aromatic rings. The molecule has 0 radical (unpaired) electrons. The second kappa shape index (κ2) is 7.39. The summed E-state index contributed by atoms with van der Waals surface area (Å²) in [6.07, 6.45) is 9.30. The molecule has 5 nitrogen and oxygen atoms in total. The minimum Gasteiger partial charge on any atom is -0.285 e. The molecule has 0 saturated heterocycles. The van der Waals surface area contributed by atoms with E-state index in [9.17, 15) is 0 Å². The van der Waals surface area contributed by atoms with Crippen LogP contribution in [-0.2, 0) is 0 Å². The summed E-state index contributed by atoms with van der Waals surface area (Å²) in [5, 5.41) is 18.1. The molecule has 2 heterocycles. The van der Waals surface area contributed by atoms with E-state index in [0.29, 0.717) is 0 Å². The van der Waals surface area contributed by atoms with Crippen LogP contribution in [0.3, 0.4) is 0 Å². The van der Waals surface area contributed by atoms with Gasteiger partial charge in [-0.25, -0.2) is 0 Å². The molecule has 0 fully saturated rings. The lowest BCUT2D eigenvalue weighted by atomic mass is 10.3. The summed E-state index contributed by atoms with van der Waals surface area (Å²) < 4.78 is 0. The van der Waals surface area contributed by atoms with Crippen LogP contribution in [0.4, 0.5) is 0 Å². The van der Waals surface area contributed by atoms with Crippen LogP contribution in [0.25, 0.3) is 0 Å². The van der Waals surface area contributed by atoms with Crippen LogP contribution in [0.5, 0.6) is 0 Å². The van der Waals surface area contributed by atoms with Gasteiger partial charge < -0.3 is 0 Å². The molecule has 0 spiro atoms. The van der Waals surface area contributed by atoms with E-state index < -0.39 is 0 Å². The normalized spacial score (nSPS) is 10.8. The first-order chi connectivity index (χ1) is 8.45. The summed E-state index contributed by atoms with van der Waals surface area (Å²) in [7, 11) is 0. The molecule has 0 amide bonds. The van der Waals surface area contributed by atoms with E-state index in [0.717, 1.165) is 16.5 Å². The van der Waals surface area contributed by atoms with Gasteiger partial charge in [-0.2, -0.15) is 15.4 Å². The number of aromatic nitrogens is 5. The highest BCUT2D eigenvalue weighted by Crippen LogP contribution is 2.19. The van der Waals surface area contributed by atoms with E-state index in [1.54, 1.807) is 18.0 Å². The summed E-state index contributed by atoms with van der Waals surface area (Å²) in [6, 6.07) is 0. The van der Waals surface area contributed by atoms with Crippen LogP contribution in [0, 0.1) is 0 Å². The van der Waals surface area contributed by atoms with E-state index in [1.165, 1.54) is 24.2 Å². The Labute approximate surface area is 109 Å². The predicted molar refractivity (Wildman–Crippen MR) is 70.3 cm³/mol. The van der Waals surface area contributed by atoms with Crippen LogP contribution in [0.2, 0.25) is 0 Å². The fourth-order valence-electron chi connectivity index (χ4n) is 1.33. The first-order valence-corrected chi connectivity index (χ1v) is 7.52. The van der Waals surface area contributed by atoms with Crippen LogP contribution in [0.1, 0.15) is 19.3 Å². The summed E-state index contributed by atoms with van der Waals surface area (Å²) in [5.74, 6) is 2.27. The number of rotatable bonds is 8. The van der Waals surface area contributed by atoms with E-state index in [4.69, 9.17) is 0 Å². The number of hydrogen-bond acceptors (Lipinski definition) is 5. The Morgan fingerprint density at radius 2 is 1.88 bits per heavy atom. The van der Waals surface area contributed by atoms with E-state index in [2.05, 4.69) is 25.6 Å². The summed E-state index contributed by atoms with van der Waals surface area (Å²) in [4.78, 5) is 1.22. The largest absolute Gasteiger partial charge is 0.285 e. The molecule has 0 unspecified atom stereocenters. The van der Waals surface area contributed by atoms with E-state index in [-0.39, 0.29) is 0 Å². The van der Waals surface area contributed by atoms with Gasteiger partial charge in [0.25, 0.3) is 0 Å². The Hall–Kier alpha value is -0.950. The van der Waals surface area contributed by atoms with Crippen molar-refractivity contribution in [3.8, 4) is 0 Å². The molecule has 7 heteroatoms. The average molecular weight is 269 g/mol. The number of nitrogens with zero attached hydrogens (tertiary/aromatic N) is 3. The number of aromatic amines is 2. The second-order valence-electron chi connectivity index (χ2n) is 3.50. The Bertz CT molecular complexity index is 349. The van der Waals surface area contributed by atoms with Crippen molar-refractivity contribution in [3.63, 3.8) is 0 Å². The van der Waals surface area contributed by atoms with Crippen LogP contribution >= 0.6 is 23.5 Å². The summed E-state index contributed by atoms with van der Waals surface area (Å²) >= 11 is 3.61. The average Bonchev–Trinajstić information content (AvgIpc) is 3.00. The predicted octanol–water partition coefficient (Wildman–Crippen LogP) is 2.58. The quantitative estimate of drug-likeness (QED) is 0.569. The van der Waals surface area contributed by atoms with Crippen LogP contribution in [0.15, 0.2) is 28.5 Å². The maximum atomic E-state index is 4.00. The lowest BCUT2D eigenvalue weighted by Crippen LogP contribution is -1.84. The maximum Gasteiger partial charge on any atom is 0.138 e. The smallest absolute Gasteiger partial charge is 0.138 e. The van der Waals surface area contributed by atoms with Crippen molar-refractivity contribution < 1.29 is 0 Å². The molecule has 17 heavy (non-hydrogen) atoms. The first-order valence-electron chi connectivity index (χ1n) is 5.55. The third-order valence-electron chi connectivity index (χ3n) is 2.17. The summed E-state index contributed by atoms with van der Waals surface area (Å²) in [5.41, 5.74) is 0. The number of nitrogens with one attached hydrogen (secondary N) is 2.